The molecule has 14 heavy (non-hydrogen) atoms. The zero-order chi connectivity index (χ0) is 10.6. The summed E-state index contributed by atoms with van der Waals surface area (Å²) in [5, 5.41) is 9.13. The van der Waals surface area contributed by atoms with Crippen LogP contribution in [0.1, 0.15) is 58.8 Å². The molecule has 0 amide bonds. The average Bonchev–Trinajstić information content (AvgIpc) is 2.22. The first-order valence-corrected chi connectivity index (χ1v) is 6.12. The van der Waals surface area contributed by atoms with E-state index in [9.17, 15) is 0 Å². The van der Waals surface area contributed by atoms with E-state index in [1.807, 2.05) is 0 Å². The molecular weight excluding hydrogens is 172 g/mol. The van der Waals surface area contributed by atoms with Crippen LogP contribution in [-0.4, -0.2) is 11.7 Å². The molecule has 0 bridgehead atoms. The lowest BCUT2D eigenvalue weighted by atomic mass is 10.0. The Hall–Kier alpha value is -0.300. The maximum absolute atomic E-state index is 9.13. The Balaban J connectivity index is 3.47. The Bertz CT molecular complexity index is 129. The zero-order valence-electron chi connectivity index (χ0n) is 9.84. The van der Waals surface area contributed by atoms with Crippen molar-refractivity contribution in [3.8, 4) is 0 Å². The first-order chi connectivity index (χ1) is 6.85. The van der Waals surface area contributed by atoms with Crippen LogP contribution in [-0.2, 0) is 0 Å². The van der Waals surface area contributed by atoms with E-state index in [1.165, 1.54) is 32.1 Å². The number of rotatable bonds is 9. The van der Waals surface area contributed by atoms with Gasteiger partial charge in [-0.25, -0.2) is 0 Å². The van der Waals surface area contributed by atoms with Crippen LogP contribution < -0.4 is 0 Å². The SMILES string of the molecule is CCC/C=C/[C@H](CO)CCCCCC. The topological polar surface area (TPSA) is 20.2 Å². The van der Waals surface area contributed by atoms with Gasteiger partial charge in [-0.05, 0) is 18.8 Å². The molecule has 0 aromatic carbocycles. The fraction of sp³-hybridized carbons (Fsp3) is 0.846. The molecular formula is C13H26O. The largest absolute Gasteiger partial charge is 0.396 e. The lowest BCUT2D eigenvalue weighted by molar-refractivity contribution is 0.243. The van der Waals surface area contributed by atoms with Crippen LogP contribution in [0.15, 0.2) is 12.2 Å². The summed E-state index contributed by atoms with van der Waals surface area (Å²) in [6, 6.07) is 0. The van der Waals surface area contributed by atoms with Gasteiger partial charge in [0.15, 0.2) is 0 Å². The molecule has 0 heterocycles. The van der Waals surface area contributed by atoms with E-state index >= 15 is 0 Å². The fourth-order valence-corrected chi connectivity index (χ4v) is 1.54. The van der Waals surface area contributed by atoms with E-state index in [-0.39, 0.29) is 0 Å². The van der Waals surface area contributed by atoms with E-state index in [0.29, 0.717) is 12.5 Å². The second-order valence-corrected chi connectivity index (χ2v) is 4.01. The number of allylic oxidation sites excluding steroid dienone is 1. The Morgan fingerprint density at radius 1 is 1.07 bits per heavy atom. The first kappa shape index (κ1) is 13.7. The van der Waals surface area contributed by atoms with E-state index < -0.39 is 0 Å². The number of unbranched alkanes of at least 4 members (excludes halogenated alkanes) is 4. The van der Waals surface area contributed by atoms with Gasteiger partial charge in [0.2, 0.25) is 0 Å². The summed E-state index contributed by atoms with van der Waals surface area (Å²) in [6.07, 6.45) is 13.1. The Kier molecular flexibility index (Phi) is 10.5. The number of aliphatic hydroxyl groups excluding tert-OH is 1. The average molecular weight is 198 g/mol. The molecule has 0 fully saturated rings. The van der Waals surface area contributed by atoms with Crippen LogP contribution in [0.4, 0.5) is 0 Å². The number of hydrogen-bond acceptors (Lipinski definition) is 1. The molecule has 84 valence electrons. The van der Waals surface area contributed by atoms with Crippen molar-refractivity contribution in [1.82, 2.24) is 0 Å². The van der Waals surface area contributed by atoms with Crippen molar-refractivity contribution in [3.63, 3.8) is 0 Å². The van der Waals surface area contributed by atoms with Gasteiger partial charge in [-0.3, -0.25) is 0 Å². The van der Waals surface area contributed by atoms with Crippen molar-refractivity contribution >= 4 is 0 Å². The van der Waals surface area contributed by atoms with Crippen LogP contribution in [0.2, 0.25) is 0 Å². The standard InChI is InChI=1S/C13H26O/c1-3-5-7-9-11-13(12-14)10-8-6-4-2/h8,10,13-14H,3-7,9,11-12H2,1-2H3/b10-8+/t13-/m0/s1. The highest BCUT2D eigenvalue weighted by Crippen LogP contribution is 2.12. The summed E-state index contributed by atoms with van der Waals surface area (Å²) in [6.45, 7) is 4.72. The smallest absolute Gasteiger partial charge is 0.0493 e. The maximum Gasteiger partial charge on any atom is 0.0493 e. The zero-order valence-corrected chi connectivity index (χ0v) is 9.84. The van der Waals surface area contributed by atoms with Crippen molar-refractivity contribution in [2.45, 2.75) is 58.8 Å². The molecule has 0 aliphatic carbocycles. The van der Waals surface area contributed by atoms with Crippen molar-refractivity contribution in [2.24, 2.45) is 5.92 Å². The molecule has 1 nitrogen and oxygen atoms in total. The summed E-state index contributed by atoms with van der Waals surface area (Å²) < 4.78 is 0. The first-order valence-electron chi connectivity index (χ1n) is 6.12. The highest BCUT2D eigenvalue weighted by Gasteiger charge is 2.01. The lowest BCUT2D eigenvalue weighted by Gasteiger charge is -2.08. The third-order valence-electron chi connectivity index (χ3n) is 2.53. The summed E-state index contributed by atoms with van der Waals surface area (Å²) in [5.41, 5.74) is 0. The number of aliphatic hydroxyl groups is 1. The summed E-state index contributed by atoms with van der Waals surface area (Å²) >= 11 is 0. The van der Waals surface area contributed by atoms with Gasteiger partial charge in [0.05, 0.1) is 0 Å². The van der Waals surface area contributed by atoms with Crippen molar-refractivity contribution < 1.29 is 5.11 Å². The van der Waals surface area contributed by atoms with Crippen molar-refractivity contribution in [1.29, 1.82) is 0 Å². The monoisotopic (exact) mass is 198 g/mol. The third-order valence-corrected chi connectivity index (χ3v) is 2.53. The quantitative estimate of drug-likeness (QED) is 0.440. The van der Waals surface area contributed by atoms with Gasteiger partial charge in [0, 0.05) is 6.61 Å². The molecule has 1 heteroatoms. The van der Waals surface area contributed by atoms with E-state index in [0.717, 1.165) is 12.8 Å². The Labute approximate surface area is 89.2 Å². The fourth-order valence-electron chi connectivity index (χ4n) is 1.54. The molecule has 1 atom stereocenters. The second-order valence-electron chi connectivity index (χ2n) is 4.01. The van der Waals surface area contributed by atoms with Crippen LogP contribution in [0.25, 0.3) is 0 Å². The molecule has 0 rings (SSSR count). The molecule has 0 saturated carbocycles. The molecule has 0 unspecified atom stereocenters. The highest BCUT2D eigenvalue weighted by atomic mass is 16.3. The molecule has 0 saturated heterocycles. The molecule has 0 aliphatic heterocycles. The van der Waals surface area contributed by atoms with Crippen LogP contribution >= 0.6 is 0 Å². The van der Waals surface area contributed by atoms with E-state index in [2.05, 4.69) is 26.0 Å². The normalized spacial score (nSPS) is 13.6. The molecule has 1 N–H and O–H groups in total. The summed E-state index contributed by atoms with van der Waals surface area (Å²) in [5.74, 6) is 0.401. The minimum atomic E-state index is 0.312. The summed E-state index contributed by atoms with van der Waals surface area (Å²) in [4.78, 5) is 0. The molecule has 0 aromatic heterocycles. The van der Waals surface area contributed by atoms with Gasteiger partial charge < -0.3 is 5.11 Å². The predicted molar refractivity (Wildman–Crippen MR) is 63.4 cm³/mol. The molecule has 0 radical (unpaired) electrons. The minimum absolute atomic E-state index is 0.312. The van der Waals surface area contributed by atoms with Crippen LogP contribution in [0, 0.1) is 5.92 Å². The third kappa shape index (κ3) is 8.31. The second kappa shape index (κ2) is 10.8. The van der Waals surface area contributed by atoms with Crippen molar-refractivity contribution in [2.75, 3.05) is 6.61 Å². The van der Waals surface area contributed by atoms with Gasteiger partial charge >= 0.3 is 0 Å². The molecule has 0 aliphatic rings. The van der Waals surface area contributed by atoms with Gasteiger partial charge in [0.25, 0.3) is 0 Å². The van der Waals surface area contributed by atoms with Gasteiger partial charge in [-0.1, -0.05) is 58.1 Å². The minimum Gasteiger partial charge on any atom is -0.396 e. The highest BCUT2D eigenvalue weighted by molar-refractivity contribution is 4.87. The van der Waals surface area contributed by atoms with E-state index in [1.54, 1.807) is 0 Å². The maximum atomic E-state index is 9.13. The lowest BCUT2D eigenvalue weighted by Crippen LogP contribution is -2.02. The molecule has 0 aromatic rings. The number of hydrogen-bond donors (Lipinski definition) is 1. The van der Waals surface area contributed by atoms with E-state index in [4.69, 9.17) is 5.11 Å². The Morgan fingerprint density at radius 2 is 1.86 bits per heavy atom. The predicted octanol–water partition coefficient (Wildman–Crippen LogP) is 3.92. The van der Waals surface area contributed by atoms with Crippen LogP contribution in [0.5, 0.6) is 0 Å². The van der Waals surface area contributed by atoms with Crippen LogP contribution in [0.3, 0.4) is 0 Å². The van der Waals surface area contributed by atoms with Gasteiger partial charge in [-0.2, -0.15) is 0 Å². The van der Waals surface area contributed by atoms with Gasteiger partial charge in [-0.15, -0.1) is 0 Å². The summed E-state index contributed by atoms with van der Waals surface area (Å²) in [7, 11) is 0. The van der Waals surface area contributed by atoms with Crippen molar-refractivity contribution in [3.05, 3.63) is 12.2 Å². The molecule has 0 spiro atoms. The van der Waals surface area contributed by atoms with Gasteiger partial charge in [0.1, 0.15) is 0 Å². The Morgan fingerprint density at radius 3 is 2.43 bits per heavy atom.